The number of rotatable bonds is 6. The van der Waals surface area contributed by atoms with Crippen LogP contribution in [0.2, 0.25) is 0 Å². The van der Waals surface area contributed by atoms with Crippen LogP contribution in [0.5, 0.6) is 0 Å². The number of aromatic nitrogens is 4. The number of hydrogen-bond acceptors (Lipinski definition) is 4. The molecule has 11 rings (SSSR count). The summed E-state index contributed by atoms with van der Waals surface area (Å²) in [5, 5.41) is 4.83. The topological polar surface area (TPSA) is 43.6 Å². The summed E-state index contributed by atoms with van der Waals surface area (Å²) in [6.07, 6.45) is 0. The predicted molar refractivity (Wildman–Crippen MR) is 234 cm³/mol. The van der Waals surface area contributed by atoms with Gasteiger partial charge in [0.05, 0.1) is 16.7 Å². The summed E-state index contributed by atoms with van der Waals surface area (Å²) in [6.45, 7) is 0. The normalized spacial score (nSPS) is 11.6. The maximum Gasteiger partial charge on any atom is 0.166 e. The third-order valence-corrected chi connectivity index (χ3v) is 11.9. The summed E-state index contributed by atoms with van der Waals surface area (Å²) in [6, 6.07) is 68.6. The van der Waals surface area contributed by atoms with Crippen molar-refractivity contribution >= 4 is 53.3 Å². The first-order valence-corrected chi connectivity index (χ1v) is 19.6. The second kappa shape index (κ2) is 13.3. The van der Waals surface area contributed by atoms with Crippen LogP contribution in [-0.2, 0) is 0 Å². The Kier molecular flexibility index (Phi) is 7.64. The minimum atomic E-state index is 0.617. The van der Waals surface area contributed by atoms with E-state index in [9.17, 15) is 0 Å². The van der Waals surface area contributed by atoms with Crippen LogP contribution in [-0.4, -0.2) is 19.5 Å². The van der Waals surface area contributed by atoms with Gasteiger partial charge in [-0.05, 0) is 58.7 Å². The molecule has 3 aromatic heterocycles. The molecule has 0 bridgehead atoms. The van der Waals surface area contributed by atoms with E-state index in [1.807, 2.05) is 18.2 Å². The van der Waals surface area contributed by atoms with Crippen LogP contribution < -0.4 is 0 Å². The first kappa shape index (κ1) is 32.2. The van der Waals surface area contributed by atoms with Crippen LogP contribution in [0.15, 0.2) is 194 Å². The van der Waals surface area contributed by atoms with E-state index in [-0.39, 0.29) is 0 Å². The van der Waals surface area contributed by atoms with Crippen molar-refractivity contribution in [1.29, 1.82) is 0 Å². The second-order valence-corrected chi connectivity index (χ2v) is 15.1. The smallest absolute Gasteiger partial charge is 0.166 e. The summed E-state index contributed by atoms with van der Waals surface area (Å²) < 4.78 is 4.81. The zero-order valence-electron chi connectivity index (χ0n) is 30.2. The number of nitrogens with zero attached hydrogens (tertiary/aromatic N) is 4. The molecule has 0 aliphatic carbocycles. The van der Waals surface area contributed by atoms with Gasteiger partial charge in [-0.15, -0.1) is 11.3 Å². The lowest BCUT2D eigenvalue weighted by atomic mass is 10.0. The van der Waals surface area contributed by atoms with Gasteiger partial charge >= 0.3 is 0 Å². The summed E-state index contributed by atoms with van der Waals surface area (Å²) in [7, 11) is 0. The Morgan fingerprint density at radius 2 is 0.893 bits per heavy atom. The molecule has 0 atom stereocenters. The van der Waals surface area contributed by atoms with Crippen molar-refractivity contribution in [3.63, 3.8) is 0 Å². The maximum absolute atomic E-state index is 5.39. The van der Waals surface area contributed by atoms with Gasteiger partial charge in [-0.25, -0.2) is 15.0 Å². The van der Waals surface area contributed by atoms with Crippen molar-refractivity contribution in [2.75, 3.05) is 0 Å². The van der Waals surface area contributed by atoms with Gasteiger partial charge < -0.3 is 4.57 Å². The van der Waals surface area contributed by atoms with Gasteiger partial charge in [0.15, 0.2) is 17.5 Å². The van der Waals surface area contributed by atoms with Gasteiger partial charge in [0.25, 0.3) is 0 Å². The highest BCUT2D eigenvalue weighted by Crippen LogP contribution is 2.42. The lowest BCUT2D eigenvalue weighted by Crippen LogP contribution is -2.04. The first-order valence-electron chi connectivity index (χ1n) is 18.8. The van der Waals surface area contributed by atoms with Crippen molar-refractivity contribution in [3.05, 3.63) is 194 Å². The molecule has 0 amide bonds. The van der Waals surface area contributed by atoms with E-state index in [1.165, 1.54) is 36.5 Å². The Morgan fingerprint density at radius 3 is 1.64 bits per heavy atom. The van der Waals surface area contributed by atoms with E-state index in [0.717, 1.165) is 50.1 Å². The highest BCUT2D eigenvalue weighted by molar-refractivity contribution is 7.26. The Hall–Kier alpha value is -7.21. The van der Waals surface area contributed by atoms with Crippen molar-refractivity contribution in [2.45, 2.75) is 0 Å². The third-order valence-electron chi connectivity index (χ3n) is 10.7. The molecule has 5 heteroatoms. The summed E-state index contributed by atoms with van der Waals surface area (Å²) >= 11 is 1.78. The molecule has 0 aliphatic rings. The Bertz CT molecular complexity index is 3240. The molecule has 0 saturated carbocycles. The van der Waals surface area contributed by atoms with Gasteiger partial charge in [0, 0.05) is 47.6 Å². The second-order valence-electron chi connectivity index (χ2n) is 14.0. The molecule has 56 heavy (non-hydrogen) atoms. The van der Waals surface area contributed by atoms with Gasteiger partial charge in [-0.3, -0.25) is 0 Å². The van der Waals surface area contributed by atoms with Crippen LogP contribution in [0.4, 0.5) is 0 Å². The fourth-order valence-electron chi connectivity index (χ4n) is 8.01. The lowest BCUT2D eigenvalue weighted by Gasteiger charge is -2.17. The molecule has 11 aromatic rings. The molecule has 8 aromatic carbocycles. The van der Waals surface area contributed by atoms with E-state index in [1.54, 1.807) is 11.3 Å². The molecule has 0 saturated heterocycles. The van der Waals surface area contributed by atoms with E-state index in [2.05, 4.69) is 180 Å². The van der Waals surface area contributed by atoms with Gasteiger partial charge in [-0.1, -0.05) is 158 Å². The molecule has 0 fully saturated rings. The van der Waals surface area contributed by atoms with Crippen LogP contribution in [0.3, 0.4) is 0 Å². The highest BCUT2D eigenvalue weighted by Gasteiger charge is 2.22. The standard InChI is InChI=1S/C51H32N4S/c1-4-15-33(16-5-1)36-27-29-39-38-21-10-12-25-44(38)55(45(39)31-36)46-32-37(34-17-6-2-7-18-34)28-30-42(46)50-52-49(35-19-8-3-9-20-35)53-51(54-50)43-24-14-23-41-40-22-11-13-26-47(40)56-48(41)43/h1-32H. The van der Waals surface area contributed by atoms with Crippen molar-refractivity contribution in [2.24, 2.45) is 0 Å². The SMILES string of the molecule is c1ccc(-c2ccc(-c3nc(-c4ccccc4)nc(-c4cccc5c4sc4ccccc45)n3)c(-n3c4ccccc4c4ccc(-c5ccccc5)cc43)c2)cc1. The average molecular weight is 733 g/mol. The Balaban J connectivity index is 1.22. The lowest BCUT2D eigenvalue weighted by molar-refractivity contribution is 1.07. The monoisotopic (exact) mass is 732 g/mol. The van der Waals surface area contributed by atoms with Crippen LogP contribution >= 0.6 is 11.3 Å². The molecule has 4 nitrogen and oxygen atoms in total. The average Bonchev–Trinajstić information content (AvgIpc) is 3.82. The molecule has 0 spiro atoms. The zero-order valence-corrected chi connectivity index (χ0v) is 31.0. The van der Waals surface area contributed by atoms with Crippen molar-refractivity contribution < 1.29 is 0 Å². The fraction of sp³-hybridized carbons (Fsp3) is 0. The largest absolute Gasteiger partial charge is 0.308 e. The van der Waals surface area contributed by atoms with Crippen molar-refractivity contribution in [1.82, 2.24) is 19.5 Å². The highest BCUT2D eigenvalue weighted by atomic mass is 32.1. The molecule has 3 heterocycles. The zero-order chi connectivity index (χ0) is 37.0. The number of fused-ring (bicyclic) bond motifs is 6. The number of para-hydroxylation sites is 1. The molecule has 0 unspecified atom stereocenters. The summed E-state index contributed by atoms with van der Waals surface area (Å²) in [4.78, 5) is 15.9. The molecule has 0 aliphatic heterocycles. The maximum atomic E-state index is 5.39. The molecule has 0 radical (unpaired) electrons. The molecular formula is C51H32N4S. The Labute approximate surface area is 327 Å². The quantitative estimate of drug-likeness (QED) is 0.171. The minimum absolute atomic E-state index is 0.617. The van der Waals surface area contributed by atoms with Crippen LogP contribution in [0.25, 0.3) is 104 Å². The molecule has 262 valence electrons. The minimum Gasteiger partial charge on any atom is -0.308 e. The Morgan fingerprint density at radius 1 is 0.339 bits per heavy atom. The van der Waals surface area contributed by atoms with E-state index in [0.29, 0.717) is 17.5 Å². The fourth-order valence-corrected chi connectivity index (χ4v) is 9.22. The number of thiophene rings is 1. The summed E-state index contributed by atoms with van der Waals surface area (Å²) in [5.74, 6) is 1.90. The van der Waals surface area contributed by atoms with Crippen molar-refractivity contribution in [3.8, 4) is 62.1 Å². The van der Waals surface area contributed by atoms with Crippen LogP contribution in [0.1, 0.15) is 0 Å². The van der Waals surface area contributed by atoms with E-state index < -0.39 is 0 Å². The first-order chi connectivity index (χ1) is 27.8. The molecule has 0 N–H and O–H groups in total. The number of hydrogen-bond donors (Lipinski definition) is 0. The van der Waals surface area contributed by atoms with Gasteiger partial charge in [-0.2, -0.15) is 0 Å². The van der Waals surface area contributed by atoms with Gasteiger partial charge in [0.2, 0.25) is 0 Å². The molecular weight excluding hydrogens is 701 g/mol. The number of benzene rings is 8. The third kappa shape index (κ3) is 5.40. The van der Waals surface area contributed by atoms with Crippen LogP contribution in [0, 0.1) is 0 Å². The van der Waals surface area contributed by atoms with Gasteiger partial charge in [0.1, 0.15) is 0 Å². The van der Waals surface area contributed by atoms with E-state index in [4.69, 9.17) is 15.0 Å². The predicted octanol–water partition coefficient (Wildman–Crippen LogP) is 13.7. The summed E-state index contributed by atoms with van der Waals surface area (Å²) in [5.41, 5.74) is 10.7. The van der Waals surface area contributed by atoms with E-state index >= 15 is 0 Å².